The first-order valence-corrected chi connectivity index (χ1v) is 10.4. The molecule has 0 radical (unpaired) electrons. The predicted molar refractivity (Wildman–Crippen MR) is 116 cm³/mol. The summed E-state index contributed by atoms with van der Waals surface area (Å²) in [7, 11) is 1.59. The van der Waals surface area contributed by atoms with Crippen molar-refractivity contribution in [3.05, 3.63) is 65.3 Å². The van der Waals surface area contributed by atoms with E-state index in [1.807, 2.05) is 0 Å². The second-order valence-corrected chi connectivity index (χ2v) is 7.58. The molecule has 0 amide bonds. The van der Waals surface area contributed by atoms with Crippen LogP contribution < -0.4 is 11.1 Å². The lowest BCUT2D eigenvalue weighted by atomic mass is 9.96. The molecular formula is C24H32N2O3. The Hall–Kier alpha value is -2.05. The van der Waals surface area contributed by atoms with Crippen molar-refractivity contribution in [1.82, 2.24) is 5.32 Å². The van der Waals surface area contributed by atoms with Crippen LogP contribution in [0.3, 0.4) is 0 Å². The molecule has 2 aliphatic rings. The van der Waals surface area contributed by atoms with Gasteiger partial charge >= 0.3 is 0 Å². The van der Waals surface area contributed by atoms with E-state index in [4.69, 9.17) is 15.2 Å². The summed E-state index contributed by atoms with van der Waals surface area (Å²) in [5.41, 5.74) is 10.8. The van der Waals surface area contributed by atoms with Gasteiger partial charge in [-0.1, -0.05) is 55.0 Å². The molecule has 0 saturated heterocycles. The molecule has 0 heterocycles. The fourth-order valence-corrected chi connectivity index (χ4v) is 4.09. The van der Waals surface area contributed by atoms with Crippen LogP contribution in [-0.4, -0.2) is 38.5 Å². The third kappa shape index (κ3) is 5.31. The number of ether oxygens (including phenoxy) is 2. The van der Waals surface area contributed by atoms with E-state index in [0.717, 1.165) is 25.7 Å². The summed E-state index contributed by atoms with van der Waals surface area (Å²) in [6.45, 7) is 2.72. The van der Waals surface area contributed by atoms with E-state index in [1.54, 1.807) is 14.0 Å². The van der Waals surface area contributed by atoms with Gasteiger partial charge in [0, 0.05) is 13.0 Å². The minimum atomic E-state index is -0.633. The highest BCUT2D eigenvalue weighted by Gasteiger charge is 2.30. The van der Waals surface area contributed by atoms with E-state index in [2.05, 4.69) is 53.9 Å². The van der Waals surface area contributed by atoms with Gasteiger partial charge < -0.3 is 15.2 Å². The first-order valence-electron chi connectivity index (χ1n) is 10.4. The quantitative estimate of drug-likeness (QED) is 0.441. The van der Waals surface area contributed by atoms with Gasteiger partial charge in [-0.05, 0) is 55.0 Å². The molecule has 0 saturated carbocycles. The minimum absolute atomic E-state index is 0.0849. The molecule has 0 aromatic heterocycles. The third-order valence-electron chi connectivity index (χ3n) is 5.63. The average molecular weight is 397 g/mol. The van der Waals surface area contributed by atoms with Crippen LogP contribution >= 0.6 is 0 Å². The van der Waals surface area contributed by atoms with E-state index in [-0.39, 0.29) is 17.7 Å². The highest BCUT2D eigenvalue weighted by atomic mass is 16.7. The Morgan fingerprint density at radius 1 is 1.28 bits per heavy atom. The van der Waals surface area contributed by atoms with Crippen molar-refractivity contribution in [3.8, 4) is 0 Å². The van der Waals surface area contributed by atoms with Crippen molar-refractivity contribution < 1.29 is 14.3 Å². The SMILES string of the molecule is COC(NC(CCCCN)C(C)=O)OCC1C2=C(CC=CC=C2)c2ccccc21. The Morgan fingerprint density at radius 3 is 2.86 bits per heavy atom. The Bertz CT molecular complexity index is 797. The maximum atomic E-state index is 12.0. The van der Waals surface area contributed by atoms with Crippen LogP contribution in [0.25, 0.3) is 5.57 Å². The first-order chi connectivity index (χ1) is 14.2. The number of methoxy groups -OCH3 is 1. The molecule has 3 N–H and O–H groups in total. The second kappa shape index (κ2) is 10.6. The van der Waals surface area contributed by atoms with Crippen molar-refractivity contribution in [2.24, 2.45) is 5.73 Å². The zero-order chi connectivity index (χ0) is 20.6. The molecule has 3 rings (SSSR count). The largest absolute Gasteiger partial charge is 0.343 e. The first kappa shape index (κ1) is 21.7. The van der Waals surface area contributed by atoms with Gasteiger partial charge in [-0.25, -0.2) is 0 Å². The van der Waals surface area contributed by atoms with Gasteiger partial charge in [-0.3, -0.25) is 10.1 Å². The number of unbranched alkanes of at least 4 members (excludes halogenated alkanes) is 1. The predicted octanol–water partition coefficient (Wildman–Crippen LogP) is 3.68. The Labute approximate surface area is 173 Å². The number of benzene rings is 1. The summed E-state index contributed by atoms with van der Waals surface area (Å²) in [6, 6.07) is 8.23. The number of hydrogen-bond donors (Lipinski definition) is 2. The molecule has 0 spiro atoms. The third-order valence-corrected chi connectivity index (χ3v) is 5.63. The van der Waals surface area contributed by atoms with Crippen molar-refractivity contribution in [2.45, 2.75) is 51.0 Å². The van der Waals surface area contributed by atoms with E-state index in [1.165, 1.54) is 22.3 Å². The number of carbonyl (C=O) groups excluding carboxylic acids is 1. The van der Waals surface area contributed by atoms with Gasteiger partial charge in [-0.15, -0.1) is 0 Å². The molecule has 29 heavy (non-hydrogen) atoms. The van der Waals surface area contributed by atoms with E-state index < -0.39 is 6.41 Å². The highest BCUT2D eigenvalue weighted by Crippen LogP contribution is 2.45. The number of rotatable bonds is 11. The number of nitrogens with two attached hydrogens (primary N) is 1. The summed E-state index contributed by atoms with van der Waals surface area (Å²) in [6.07, 6.45) is 11.4. The summed E-state index contributed by atoms with van der Waals surface area (Å²) < 4.78 is 11.6. The number of allylic oxidation sites excluding steroid dienone is 5. The van der Waals surface area contributed by atoms with Gasteiger partial charge in [0.25, 0.3) is 0 Å². The van der Waals surface area contributed by atoms with Crippen molar-refractivity contribution in [1.29, 1.82) is 0 Å². The molecule has 1 aromatic carbocycles. The smallest absolute Gasteiger partial charge is 0.216 e. The summed E-state index contributed by atoms with van der Waals surface area (Å²) >= 11 is 0. The van der Waals surface area contributed by atoms with Crippen LogP contribution in [-0.2, 0) is 14.3 Å². The van der Waals surface area contributed by atoms with Crippen LogP contribution in [0.2, 0.25) is 0 Å². The van der Waals surface area contributed by atoms with Crippen molar-refractivity contribution in [3.63, 3.8) is 0 Å². The Morgan fingerprint density at radius 2 is 2.10 bits per heavy atom. The van der Waals surface area contributed by atoms with Gasteiger partial charge in [-0.2, -0.15) is 0 Å². The number of fused-ring (bicyclic) bond motifs is 2. The molecule has 0 bridgehead atoms. The van der Waals surface area contributed by atoms with Gasteiger partial charge in [0.2, 0.25) is 6.41 Å². The zero-order valence-electron chi connectivity index (χ0n) is 17.4. The fourth-order valence-electron chi connectivity index (χ4n) is 4.09. The van der Waals surface area contributed by atoms with E-state index in [0.29, 0.717) is 13.2 Å². The number of nitrogens with one attached hydrogen (secondary N) is 1. The zero-order valence-corrected chi connectivity index (χ0v) is 17.4. The number of carbonyl (C=O) groups is 1. The molecule has 5 heteroatoms. The lowest BCUT2D eigenvalue weighted by molar-refractivity contribution is -0.154. The topological polar surface area (TPSA) is 73.6 Å². The molecule has 3 unspecified atom stereocenters. The maximum Gasteiger partial charge on any atom is 0.216 e. The molecule has 5 nitrogen and oxygen atoms in total. The van der Waals surface area contributed by atoms with Crippen LogP contribution in [0, 0.1) is 0 Å². The Kier molecular flexibility index (Phi) is 7.95. The highest BCUT2D eigenvalue weighted by molar-refractivity contribution is 5.82. The molecule has 156 valence electrons. The van der Waals surface area contributed by atoms with E-state index in [9.17, 15) is 4.79 Å². The van der Waals surface area contributed by atoms with Gasteiger partial charge in [0.15, 0.2) is 0 Å². The maximum absolute atomic E-state index is 12.0. The van der Waals surface area contributed by atoms with Crippen LogP contribution in [0.1, 0.15) is 49.7 Å². The average Bonchev–Trinajstić information content (AvgIpc) is 2.86. The fraction of sp³-hybridized carbons (Fsp3) is 0.458. The van der Waals surface area contributed by atoms with Crippen LogP contribution in [0.5, 0.6) is 0 Å². The molecule has 2 aliphatic carbocycles. The summed E-state index contributed by atoms with van der Waals surface area (Å²) in [5, 5.41) is 3.21. The lowest BCUT2D eigenvalue weighted by Gasteiger charge is -2.25. The standard InChI is InChI=1S/C24H32N2O3/c1-17(27)23(14-8-9-15-25)26-24(28-2)29-16-22-20-11-5-3-4-10-18(20)19-12-6-7-13-21(19)22/h3-7,11-13,22-24,26H,8-10,14-16,25H2,1-2H3. The molecule has 3 atom stereocenters. The molecule has 0 fully saturated rings. The number of Topliss-reactive ketones (excluding diaryl/α,β-unsaturated/α-hetero) is 1. The number of ketones is 1. The number of hydrogen-bond acceptors (Lipinski definition) is 5. The summed E-state index contributed by atoms with van der Waals surface area (Å²) in [4.78, 5) is 12.0. The van der Waals surface area contributed by atoms with Crippen molar-refractivity contribution >= 4 is 11.4 Å². The second-order valence-electron chi connectivity index (χ2n) is 7.58. The minimum Gasteiger partial charge on any atom is -0.343 e. The Balaban J connectivity index is 1.68. The lowest BCUT2D eigenvalue weighted by Crippen LogP contribution is -2.45. The van der Waals surface area contributed by atoms with Crippen LogP contribution in [0.4, 0.5) is 0 Å². The van der Waals surface area contributed by atoms with E-state index >= 15 is 0 Å². The normalized spacial score (nSPS) is 19.6. The van der Waals surface area contributed by atoms with Crippen molar-refractivity contribution in [2.75, 3.05) is 20.3 Å². The molecule has 1 aromatic rings. The molecular weight excluding hydrogens is 364 g/mol. The molecule has 0 aliphatic heterocycles. The summed E-state index contributed by atoms with van der Waals surface area (Å²) in [5.74, 6) is 0.242. The van der Waals surface area contributed by atoms with Gasteiger partial charge in [0.1, 0.15) is 5.78 Å². The van der Waals surface area contributed by atoms with Crippen LogP contribution in [0.15, 0.2) is 54.1 Å². The van der Waals surface area contributed by atoms with Gasteiger partial charge in [0.05, 0.1) is 12.6 Å². The monoisotopic (exact) mass is 396 g/mol.